The molecule has 0 saturated carbocycles. The van der Waals surface area contributed by atoms with E-state index in [0.717, 1.165) is 5.56 Å². The molecule has 6 N–H and O–H groups in total. The number of nitrogens with one attached hydrogen (secondary N) is 3. The number of carboxylic acids is 1. The molecular formula is C21H26N4O5. The molecule has 0 aliphatic carbocycles. The van der Waals surface area contributed by atoms with Crippen molar-refractivity contribution in [3.8, 4) is 5.75 Å². The first kappa shape index (κ1) is 22.7. The molecule has 3 amide bonds. The topological polar surface area (TPSA) is 143 Å². The Kier molecular flexibility index (Phi) is 9.14. The first-order chi connectivity index (χ1) is 14.5. The predicted molar refractivity (Wildman–Crippen MR) is 112 cm³/mol. The Morgan fingerprint density at radius 3 is 2.37 bits per heavy atom. The van der Waals surface area contributed by atoms with E-state index >= 15 is 0 Å². The number of hydrogen-bond donors (Lipinski definition) is 5. The Morgan fingerprint density at radius 1 is 1.03 bits per heavy atom. The maximum atomic E-state index is 12.1. The molecular weight excluding hydrogens is 388 g/mol. The van der Waals surface area contributed by atoms with Crippen LogP contribution in [0.15, 0.2) is 54.6 Å². The van der Waals surface area contributed by atoms with Crippen molar-refractivity contribution in [2.45, 2.75) is 25.5 Å². The Morgan fingerprint density at radius 2 is 1.73 bits per heavy atom. The maximum Gasteiger partial charge on any atom is 0.326 e. The Hall–Kier alpha value is -3.59. The molecule has 0 fully saturated rings. The standard InChI is InChI=1S/C21H26N4O5/c22-13-19(26)23-12-4-7-18(20(27)28)25-21(29)24-16-8-10-17(11-9-16)30-14-15-5-2-1-3-6-15/h1-3,5-6,8-11,18H,4,7,12-14,22H2,(H,23,26)(H,27,28)(H2,24,25,29)/t18-/m0/s1. The quantitative estimate of drug-likeness (QED) is 0.354. The molecule has 0 aliphatic heterocycles. The molecule has 0 aliphatic rings. The smallest absolute Gasteiger partial charge is 0.326 e. The van der Waals surface area contributed by atoms with Crippen LogP contribution in [0.1, 0.15) is 18.4 Å². The summed E-state index contributed by atoms with van der Waals surface area (Å²) in [7, 11) is 0. The average molecular weight is 414 g/mol. The van der Waals surface area contributed by atoms with E-state index in [4.69, 9.17) is 10.5 Å². The van der Waals surface area contributed by atoms with Crippen molar-refractivity contribution >= 4 is 23.6 Å². The highest BCUT2D eigenvalue weighted by atomic mass is 16.5. The van der Waals surface area contributed by atoms with E-state index < -0.39 is 18.0 Å². The molecule has 30 heavy (non-hydrogen) atoms. The first-order valence-corrected chi connectivity index (χ1v) is 9.52. The molecule has 0 aromatic heterocycles. The molecule has 9 nitrogen and oxygen atoms in total. The number of carboxylic acid groups (broad SMARTS) is 1. The zero-order valence-corrected chi connectivity index (χ0v) is 16.5. The van der Waals surface area contributed by atoms with E-state index in [9.17, 15) is 19.5 Å². The molecule has 0 heterocycles. The van der Waals surface area contributed by atoms with Crippen LogP contribution in [0.2, 0.25) is 0 Å². The van der Waals surface area contributed by atoms with Gasteiger partial charge in [-0.15, -0.1) is 0 Å². The molecule has 0 radical (unpaired) electrons. The van der Waals surface area contributed by atoms with E-state index in [0.29, 0.717) is 24.5 Å². The summed E-state index contributed by atoms with van der Waals surface area (Å²) in [5.74, 6) is -0.823. The summed E-state index contributed by atoms with van der Waals surface area (Å²) in [6.45, 7) is 0.590. The van der Waals surface area contributed by atoms with Crippen LogP contribution in [-0.4, -0.2) is 42.1 Å². The van der Waals surface area contributed by atoms with Crippen molar-refractivity contribution in [2.75, 3.05) is 18.4 Å². The third-order valence-corrected chi connectivity index (χ3v) is 4.14. The van der Waals surface area contributed by atoms with Gasteiger partial charge in [0.1, 0.15) is 18.4 Å². The predicted octanol–water partition coefficient (Wildman–Crippen LogP) is 1.70. The third kappa shape index (κ3) is 8.19. The minimum absolute atomic E-state index is 0.126. The van der Waals surface area contributed by atoms with Gasteiger partial charge in [-0.2, -0.15) is 0 Å². The van der Waals surface area contributed by atoms with Crippen molar-refractivity contribution in [3.63, 3.8) is 0 Å². The number of amides is 3. The van der Waals surface area contributed by atoms with Gasteiger partial charge in [-0.3, -0.25) is 4.79 Å². The Labute approximate surface area is 174 Å². The molecule has 160 valence electrons. The zero-order valence-electron chi connectivity index (χ0n) is 16.5. The van der Waals surface area contributed by atoms with Crippen LogP contribution in [0.5, 0.6) is 5.75 Å². The summed E-state index contributed by atoms with van der Waals surface area (Å²) < 4.78 is 5.68. The molecule has 0 spiro atoms. The van der Waals surface area contributed by atoms with Gasteiger partial charge in [-0.1, -0.05) is 30.3 Å². The zero-order chi connectivity index (χ0) is 21.8. The molecule has 2 aromatic rings. The summed E-state index contributed by atoms with van der Waals surface area (Å²) in [5.41, 5.74) is 6.72. The SMILES string of the molecule is NCC(=O)NCCC[C@H](NC(=O)Nc1ccc(OCc2ccccc2)cc1)C(=O)O. The number of carbonyl (C=O) groups is 3. The number of aliphatic carboxylic acids is 1. The Balaban J connectivity index is 1.77. The van der Waals surface area contributed by atoms with Crippen LogP contribution in [0.3, 0.4) is 0 Å². The van der Waals surface area contributed by atoms with Crippen LogP contribution >= 0.6 is 0 Å². The fraction of sp³-hybridized carbons (Fsp3) is 0.286. The fourth-order valence-electron chi connectivity index (χ4n) is 2.56. The second-order valence-electron chi connectivity index (χ2n) is 6.48. The number of ether oxygens (including phenoxy) is 1. The number of carbonyl (C=O) groups excluding carboxylic acids is 2. The van der Waals surface area contributed by atoms with E-state index in [2.05, 4.69) is 16.0 Å². The maximum absolute atomic E-state index is 12.1. The normalized spacial score (nSPS) is 11.2. The van der Waals surface area contributed by atoms with Gasteiger partial charge >= 0.3 is 12.0 Å². The minimum Gasteiger partial charge on any atom is -0.489 e. The molecule has 1 atom stereocenters. The molecule has 9 heteroatoms. The number of anilines is 1. The first-order valence-electron chi connectivity index (χ1n) is 9.52. The highest BCUT2D eigenvalue weighted by Crippen LogP contribution is 2.17. The third-order valence-electron chi connectivity index (χ3n) is 4.14. The van der Waals surface area contributed by atoms with Crippen molar-refractivity contribution in [3.05, 3.63) is 60.2 Å². The summed E-state index contributed by atoms with van der Waals surface area (Å²) in [6, 6.07) is 14.8. The van der Waals surface area contributed by atoms with Crippen LogP contribution in [-0.2, 0) is 16.2 Å². The lowest BCUT2D eigenvalue weighted by Gasteiger charge is -2.15. The lowest BCUT2D eigenvalue weighted by Crippen LogP contribution is -2.43. The van der Waals surface area contributed by atoms with Gasteiger partial charge in [0.15, 0.2) is 0 Å². The van der Waals surface area contributed by atoms with Gasteiger partial charge in [0.2, 0.25) is 5.91 Å². The number of urea groups is 1. The number of benzene rings is 2. The van der Waals surface area contributed by atoms with E-state index in [1.165, 1.54) is 0 Å². The number of rotatable bonds is 11. The van der Waals surface area contributed by atoms with Crippen LogP contribution in [0.4, 0.5) is 10.5 Å². The minimum atomic E-state index is -1.15. The summed E-state index contributed by atoms with van der Waals surface area (Å²) in [5, 5.41) is 16.8. The van der Waals surface area contributed by atoms with Gasteiger partial charge in [0.05, 0.1) is 6.54 Å². The van der Waals surface area contributed by atoms with Gasteiger partial charge in [-0.05, 0) is 42.7 Å². The van der Waals surface area contributed by atoms with Gasteiger partial charge < -0.3 is 31.5 Å². The second kappa shape index (κ2) is 12.1. The summed E-state index contributed by atoms with van der Waals surface area (Å²) in [4.78, 5) is 34.5. The summed E-state index contributed by atoms with van der Waals surface area (Å²) in [6.07, 6.45) is 0.552. The largest absolute Gasteiger partial charge is 0.489 e. The fourth-order valence-corrected chi connectivity index (χ4v) is 2.56. The van der Waals surface area contributed by atoms with Crippen LogP contribution in [0, 0.1) is 0 Å². The van der Waals surface area contributed by atoms with Gasteiger partial charge in [-0.25, -0.2) is 9.59 Å². The number of nitrogens with two attached hydrogens (primary N) is 1. The lowest BCUT2D eigenvalue weighted by molar-refractivity contribution is -0.139. The van der Waals surface area contributed by atoms with Gasteiger partial charge in [0, 0.05) is 12.2 Å². The van der Waals surface area contributed by atoms with Crippen LogP contribution in [0.25, 0.3) is 0 Å². The monoisotopic (exact) mass is 414 g/mol. The van der Waals surface area contributed by atoms with E-state index in [1.54, 1.807) is 24.3 Å². The van der Waals surface area contributed by atoms with Crippen molar-refractivity contribution < 1.29 is 24.2 Å². The summed E-state index contributed by atoms with van der Waals surface area (Å²) >= 11 is 0. The molecule has 2 aromatic carbocycles. The van der Waals surface area contributed by atoms with Crippen molar-refractivity contribution in [1.82, 2.24) is 10.6 Å². The highest BCUT2D eigenvalue weighted by molar-refractivity contribution is 5.92. The van der Waals surface area contributed by atoms with E-state index in [1.807, 2.05) is 30.3 Å². The van der Waals surface area contributed by atoms with Crippen molar-refractivity contribution in [2.24, 2.45) is 5.73 Å². The number of hydrogen-bond acceptors (Lipinski definition) is 5. The van der Waals surface area contributed by atoms with E-state index in [-0.39, 0.29) is 25.4 Å². The molecule has 0 saturated heterocycles. The molecule has 0 bridgehead atoms. The molecule has 2 rings (SSSR count). The second-order valence-corrected chi connectivity index (χ2v) is 6.48. The van der Waals surface area contributed by atoms with Crippen LogP contribution < -0.4 is 26.4 Å². The highest BCUT2D eigenvalue weighted by Gasteiger charge is 2.19. The molecule has 0 unspecified atom stereocenters. The van der Waals surface area contributed by atoms with Gasteiger partial charge in [0.25, 0.3) is 0 Å². The lowest BCUT2D eigenvalue weighted by atomic mass is 10.1. The van der Waals surface area contributed by atoms with Crippen molar-refractivity contribution in [1.29, 1.82) is 0 Å². The Bertz CT molecular complexity index is 827. The average Bonchev–Trinajstić information content (AvgIpc) is 2.75.